The van der Waals surface area contributed by atoms with Crippen LogP contribution in [0.1, 0.15) is 34.7 Å². The summed E-state index contributed by atoms with van der Waals surface area (Å²) < 4.78 is 43.4. The van der Waals surface area contributed by atoms with E-state index in [1.807, 2.05) is 0 Å². The van der Waals surface area contributed by atoms with Crippen molar-refractivity contribution < 1.29 is 27.5 Å². The van der Waals surface area contributed by atoms with Crippen LogP contribution in [-0.4, -0.2) is 45.4 Å². The van der Waals surface area contributed by atoms with E-state index in [0.29, 0.717) is 0 Å². The van der Waals surface area contributed by atoms with Crippen LogP contribution >= 0.6 is 23.2 Å². The molecule has 2 N–H and O–H groups in total. The number of aromatic nitrogens is 3. The van der Waals surface area contributed by atoms with Gasteiger partial charge in [0.05, 0.1) is 16.3 Å². The molecule has 0 saturated heterocycles. The van der Waals surface area contributed by atoms with Gasteiger partial charge in [0.2, 0.25) is 5.88 Å². The molecule has 0 aliphatic rings. The number of hydrogen-bond acceptors (Lipinski definition) is 5. The lowest BCUT2D eigenvalue weighted by Crippen LogP contribution is -2.31. The number of benzene rings is 1. The summed E-state index contributed by atoms with van der Waals surface area (Å²) in [7, 11) is 0. The molecular formula is C21H18Cl2F3N5O3. The number of carbonyl (C=O) groups excluding carboxylic acids is 2. The lowest BCUT2D eigenvalue weighted by Gasteiger charge is -2.14. The minimum absolute atomic E-state index is 0.00921. The molecule has 180 valence electrons. The summed E-state index contributed by atoms with van der Waals surface area (Å²) in [5, 5.41) is 9.51. The fourth-order valence-corrected chi connectivity index (χ4v) is 3.16. The highest BCUT2D eigenvalue weighted by Gasteiger charge is 2.30. The molecule has 0 aliphatic heterocycles. The Hall–Kier alpha value is -3.31. The van der Waals surface area contributed by atoms with Crippen LogP contribution in [-0.2, 0) is 0 Å². The maximum absolute atomic E-state index is 13.1. The zero-order valence-corrected chi connectivity index (χ0v) is 19.3. The quantitative estimate of drug-likeness (QED) is 0.466. The van der Waals surface area contributed by atoms with Gasteiger partial charge in [-0.15, -0.1) is 5.10 Å². The molecule has 0 fully saturated rings. The lowest BCUT2D eigenvalue weighted by atomic mass is 10.1. The van der Waals surface area contributed by atoms with Crippen molar-refractivity contribution in [1.29, 1.82) is 0 Å². The first-order valence-corrected chi connectivity index (χ1v) is 10.5. The molecule has 3 aromatic rings. The number of anilines is 1. The predicted molar refractivity (Wildman–Crippen MR) is 120 cm³/mol. The number of alkyl halides is 3. The summed E-state index contributed by atoms with van der Waals surface area (Å²) in [5.74, 6) is -1.77. The zero-order valence-electron chi connectivity index (χ0n) is 17.8. The van der Waals surface area contributed by atoms with Gasteiger partial charge in [0.25, 0.3) is 11.8 Å². The molecule has 13 heteroatoms. The summed E-state index contributed by atoms with van der Waals surface area (Å²) in [6.07, 6.45) is -3.24. The van der Waals surface area contributed by atoms with E-state index in [9.17, 15) is 22.8 Å². The number of amides is 2. The number of halogens is 5. The minimum Gasteiger partial charge on any atom is -0.467 e. The van der Waals surface area contributed by atoms with Crippen molar-refractivity contribution in [3.8, 4) is 11.7 Å². The average molecular weight is 516 g/mol. The third-order valence-corrected chi connectivity index (χ3v) is 4.67. The van der Waals surface area contributed by atoms with Gasteiger partial charge in [-0.05, 0) is 44.2 Å². The molecule has 0 saturated carbocycles. The first kappa shape index (κ1) is 25.3. The highest BCUT2D eigenvalue weighted by atomic mass is 35.5. The molecule has 0 atom stereocenters. The summed E-state index contributed by atoms with van der Waals surface area (Å²) in [6, 6.07) is 8.09. The summed E-state index contributed by atoms with van der Waals surface area (Å²) in [6.45, 7) is 1.91. The van der Waals surface area contributed by atoms with Crippen molar-refractivity contribution in [2.75, 3.05) is 11.9 Å². The first-order chi connectivity index (χ1) is 15.9. The fourth-order valence-electron chi connectivity index (χ4n) is 2.78. The number of pyridine rings is 1. The first-order valence-electron chi connectivity index (χ1n) is 9.77. The van der Waals surface area contributed by atoms with Crippen molar-refractivity contribution >= 4 is 40.7 Å². The van der Waals surface area contributed by atoms with Gasteiger partial charge in [-0.2, -0.15) is 13.2 Å². The van der Waals surface area contributed by atoms with Gasteiger partial charge >= 0.3 is 6.18 Å². The molecule has 0 radical (unpaired) electrons. The van der Waals surface area contributed by atoms with Crippen molar-refractivity contribution in [2.24, 2.45) is 0 Å². The van der Waals surface area contributed by atoms with Gasteiger partial charge in [-0.25, -0.2) is 9.67 Å². The smallest absolute Gasteiger partial charge is 0.422 e. The average Bonchev–Trinajstić information content (AvgIpc) is 3.17. The number of ether oxygens (including phenoxy) is 1. The van der Waals surface area contributed by atoms with Gasteiger partial charge in [0.15, 0.2) is 12.4 Å². The van der Waals surface area contributed by atoms with Gasteiger partial charge in [0.1, 0.15) is 5.69 Å². The van der Waals surface area contributed by atoms with Gasteiger partial charge in [0, 0.05) is 23.3 Å². The maximum atomic E-state index is 13.1. The number of carbonyl (C=O) groups is 2. The van der Waals surface area contributed by atoms with Crippen molar-refractivity contribution in [3.63, 3.8) is 0 Å². The van der Waals surface area contributed by atoms with Crippen LogP contribution in [0.15, 0.2) is 42.6 Å². The number of hydrogen-bond donors (Lipinski definition) is 2. The molecule has 8 nitrogen and oxygen atoms in total. The normalized spacial score (nSPS) is 11.4. The van der Waals surface area contributed by atoms with Crippen LogP contribution in [0, 0.1) is 0 Å². The Morgan fingerprint density at radius 1 is 1.15 bits per heavy atom. The Bertz CT molecular complexity index is 1210. The molecule has 34 heavy (non-hydrogen) atoms. The highest BCUT2D eigenvalue weighted by Crippen LogP contribution is 2.26. The second-order valence-corrected chi connectivity index (χ2v) is 8.11. The minimum atomic E-state index is -4.61. The van der Waals surface area contributed by atoms with Crippen LogP contribution in [0.5, 0.6) is 5.88 Å². The monoisotopic (exact) mass is 515 g/mol. The second-order valence-electron chi connectivity index (χ2n) is 7.26. The van der Waals surface area contributed by atoms with Crippen molar-refractivity contribution in [2.45, 2.75) is 26.1 Å². The Morgan fingerprint density at radius 2 is 1.88 bits per heavy atom. The second kappa shape index (κ2) is 10.3. The van der Waals surface area contributed by atoms with Crippen LogP contribution in [0.25, 0.3) is 5.82 Å². The van der Waals surface area contributed by atoms with Gasteiger partial charge < -0.3 is 15.4 Å². The molecule has 0 bridgehead atoms. The van der Waals surface area contributed by atoms with Crippen LogP contribution in [0.2, 0.25) is 10.0 Å². The fraction of sp³-hybridized carbons (Fsp3) is 0.238. The Kier molecular flexibility index (Phi) is 7.68. The van der Waals surface area contributed by atoms with E-state index < -0.39 is 30.5 Å². The number of rotatable bonds is 7. The molecule has 0 spiro atoms. The van der Waals surface area contributed by atoms with Crippen molar-refractivity contribution in [3.05, 3.63) is 63.9 Å². The number of nitrogens with one attached hydrogen (secondary N) is 2. The van der Waals surface area contributed by atoms with E-state index in [1.165, 1.54) is 36.5 Å². The predicted octanol–water partition coefficient (Wildman–Crippen LogP) is 4.91. The van der Waals surface area contributed by atoms with Crippen LogP contribution < -0.4 is 15.4 Å². The van der Waals surface area contributed by atoms with Gasteiger partial charge in [-0.3, -0.25) is 9.59 Å². The molecule has 0 unspecified atom stereocenters. The lowest BCUT2D eigenvalue weighted by molar-refractivity contribution is -0.154. The molecule has 2 heterocycles. The van der Waals surface area contributed by atoms with E-state index in [4.69, 9.17) is 23.2 Å². The SMILES string of the molecule is CC(C)NC(=O)c1cc(Cl)ccc1NC(=O)c1cc(OCC(F)(F)F)nn1-c1ncccc1Cl. The van der Waals surface area contributed by atoms with Gasteiger partial charge in [-0.1, -0.05) is 23.2 Å². The van der Waals surface area contributed by atoms with E-state index in [2.05, 4.69) is 25.5 Å². The summed E-state index contributed by atoms with van der Waals surface area (Å²) >= 11 is 12.2. The number of nitrogens with zero attached hydrogens (tertiary/aromatic N) is 3. The molecular weight excluding hydrogens is 498 g/mol. The third kappa shape index (κ3) is 6.39. The maximum Gasteiger partial charge on any atom is 0.422 e. The van der Waals surface area contributed by atoms with E-state index in [-0.39, 0.29) is 38.8 Å². The Balaban J connectivity index is 1.99. The Labute approximate surface area is 202 Å². The highest BCUT2D eigenvalue weighted by molar-refractivity contribution is 6.32. The van der Waals surface area contributed by atoms with E-state index >= 15 is 0 Å². The molecule has 2 aromatic heterocycles. The standard InChI is InChI=1S/C21H18Cl2F3N5O3/c1-11(2)28-19(32)13-8-12(22)5-6-15(13)29-20(33)16-9-17(34-10-21(24,25)26)30-31(16)18-14(23)4-3-7-27-18/h3-9,11H,10H2,1-2H3,(H,28,32)(H,29,33). The van der Waals surface area contributed by atoms with Crippen molar-refractivity contribution in [1.82, 2.24) is 20.1 Å². The third-order valence-electron chi connectivity index (χ3n) is 4.14. The van der Waals surface area contributed by atoms with Crippen LogP contribution in [0.3, 0.4) is 0 Å². The summed E-state index contributed by atoms with van der Waals surface area (Å²) in [5.41, 5.74) is -0.0295. The molecule has 1 aromatic carbocycles. The Morgan fingerprint density at radius 3 is 2.53 bits per heavy atom. The topological polar surface area (TPSA) is 98.1 Å². The molecule has 3 rings (SSSR count). The summed E-state index contributed by atoms with van der Waals surface area (Å²) in [4.78, 5) is 29.7. The molecule has 0 aliphatic carbocycles. The van der Waals surface area contributed by atoms with E-state index in [0.717, 1.165) is 10.7 Å². The zero-order chi connectivity index (χ0) is 25.0. The van der Waals surface area contributed by atoms with E-state index in [1.54, 1.807) is 13.8 Å². The molecule has 2 amide bonds. The van der Waals surface area contributed by atoms with Crippen LogP contribution in [0.4, 0.5) is 18.9 Å². The largest absolute Gasteiger partial charge is 0.467 e.